The van der Waals surface area contributed by atoms with Crippen molar-refractivity contribution in [3.8, 4) is 11.5 Å². The second-order valence-corrected chi connectivity index (χ2v) is 3.85. The van der Waals surface area contributed by atoms with E-state index in [9.17, 15) is 0 Å². The van der Waals surface area contributed by atoms with Crippen molar-refractivity contribution in [2.45, 2.75) is 13.3 Å². The van der Waals surface area contributed by atoms with Crippen molar-refractivity contribution in [2.24, 2.45) is 5.73 Å². The number of pyridine rings is 1. The molecule has 1 aromatic heterocycles. The molecule has 0 saturated heterocycles. The van der Waals surface area contributed by atoms with Crippen LogP contribution in [0.2, 0.25) is 0 Å². The Morgan fingerprint density at radius 2 is 2.06 bits per heavy atom. The molecule has 0 spiro atoms. The van der Waals surface area contributed by atoms with Crippen molar-refractivity contribution in [3.63, 3.8) is 0 Å². The number of nitrogens with two attached hydrogens (primary N) is 1. The minimum Gasteiger partial charge on any atom is -0.455 e. The van der Waals surface area contributed by atoms with E-state index in [0.29, 0.717) is 11.3 Å². The molecule has 0 saturated carbocycles. The molecule has 0 atom stereocenters. The van der Waals surface area contributed by atoms with Gasteiger partial charge in [-0.25, -0.2) is 0 Å². The minimum absolute atomic E-state index is 0.0265. The molecule has 0 fully saturated rings. The van der Waals surface area contributed by atoms with Gasteiger partial charge in [0.15, 0.2) is 5.75 Å². The number of amidine groups is 1. The van der Waals surface area contributed by atoms with E-state index in [2.05, 4.69) is 11.9 Å². The number of ether oxygens (including phenoxy) is 1. The first-order chi connectivity index (χ1) is 8.72. The minimum atomic E-state index is -0.0265. The molecule has 3 N–H and O–H groups in total. The number of rotatable bonds is 4. The molecule has 0 aliphatic carbocycles. The Morgan fingerprint density at radius 3 is 2.78 bits per heavy atom. The molecule has 92 valence electrons. The van der Waals surface area contributed by atoms with Gasteiger partial charge in [-0.05, 0) is 24.1 Å². The lowest BCUT2D eigenvalue weighted by molar-refractivity contribution is 0.473. The molecular weight excluding hydrogens is 226 g/mol. The van der Waals surface area contributed by atoms with Crippen LogP contribution in [0.15, 0.2) is 42.7 Å². The van der Waals surface area contributed by atoms with Crippen molar-refractivity contribution >= 4 is 5.84 Å². The lowest BCUT2D eigenvalue weighted by atomic mass is 10.1. The maximum atomic E-state index is 7.51. The van der Waals surface area contributed by atoms with E-state index in [-0.39, 0.29) is 5.84 Å². The average molecular weight is 241 g/mol. The first kappa shape index (κ1) is 12.1. The Bertz CT molecular complexity index is 566. The molecule has 0 aliphatic heterocycles. The van der Waals surface area contributed by atoms with Crippen LogP contribution in [0, 0.1) is 5.41 Å². The van der Waals surface area contributed by atoms with Gasteiger partial charge in [-0.15, -0.1) is 0 Å². The third-order valence-corrected chi connectivity index (χ3v) is 2.65. The topological polar surface area (TPSA) is 72.0 Å². The first-order valence-electron chi connectivity index (χ1n) is 5.76. The fraction of sp³-hybridized carbons (Fsp3) is 0.143. The van der Waals surface area contributed by atoms with Gasteiger partial charge in [0, 0.05) is 6.20 Å². The number of para-hydroxylation sites is 1. The van der Waals surface area contributed by atoms with Crippen LogP contribution in [-0.4, -0.2) is 10.8 Å². The molecule has 0 radical (unpaired) electrons. The molecule has 4 heteroatoms. The van der Waals surface area contributed by atoms with E-state index in [1.807, 2.05) is 24.3 Å². The van der Waals surface area contributed by atoms with Gasteiger partial charge in [-0.3, -0.25) is 10.4 Å². The van der Waals surface area contributed by atoms with E-state index in [0.717, 1.165) is 17.7 Å². The summed E-state index contributed by atoms with van der Waals surface area (Å²) in [6.45, 7) is 2.07. The summed E-state index contributed by atoms with van der Waals surface area (Å²) in [6, 6.07) is 9.47. The second kappa shape index (κ2) is 5.31. The molecule has 0 amide bonds. The highest BCUT2D eigenvalue weighted by Gasteiger charge is 2.09. The number of nitrogen functional groups attached to an aromatic ring is 1. The molecule has 0 aliphatic rings. The zero-order valence-corrected chi connectivity index (χ0v) is 10.2. The van der Waals surface area contributed by atoms with Crippen LogP contribution < -0.4 is 10.5 Å². The van der Waals surface area contributed by atoms with E-state index in [1.54, 1.807) is 18.5 Å². The monoisotopic (exact) mass is 241 g/mol. The highest BCUT2D eigenvalue weighted by atomic mass is 16.5. The van der Waals surface area contributed by atoms with Gasteiger partial charge in [0.1, 0.15) is 11.6 Å². The van der Waals surface area contributed by atoms with Gasteiger partial charge in [0.05, 0.1) is 11.8 Å². The molecule has 0 unspecified atom stereocenters. The molecule has 18 heavy (non-hydrogen) atoms. The fourth-order valence-corrected chi connectivity index (χ4v) is 1.70. The predicted molar refractivity (Wildman–Crippen MR) is 71.1 cm³/mol. The van der Waals surface area contributed by atoms with E-state index < -0.39 is 0 Å². The van der Waals surface area contributed by atoms with Gasteiger partial charge in [-0.2, -0.15) is 0 Å². The number of nitrogens with zero attached hydrogens (tertiary/aromatic N) is 1. The summed E-state index contributed by atoms with van der Waals surface area (Å²) < 4.78 is 5.81. The molecule has 2 rings (SSSR count). The lowest BCUT2D eigenvalue weighted by Crippen LogP contribution is -2.12. The van der Waals surface area contributed by atoms with E-state index in [1.165, 1.54) is 0 Å². The third kappa shape index (κ3) is 2.48. The summed E-state index contributed by atoms with van der Waals surface area (Å²) in [6.07, 6.45) is 4.05. The SMILES string of the molecule is CCc1ccccc1Oc1cnccc1C(=N)N. The zero-order chi connectivity index (χ0) is 13.0. The number of nitrogens with one attached hydrogen (secondary N) is 1. The van der Waals surface area contributed by atoms with Gasteiger partial charge in [0.2, 0.25) is 0 Å². The van der Waals surface area contributed by atoms with E-state index >= 15 is 0 Å². The van der Waals surface area contributed by atoms with Crippen LogP contribution in [0.4, 0.5) is 0 Å². The maximum absolute atomic E-state index is 7.51. The summed E-state index contributed by atoms with van der Waals surface area (Å²) in [5.74, 6) is 1.25. The molecule has 1 aromatic carbocycles. The predicted octanol–water partition coefficient (Wildman–Crippen LogP) is 2.72. The van der Waals surface area contributed by atoms with Gasteiger partial charge in [-0.1, -0.05) is 25.1 Å². The second-order valence-electron chi connectivity index (χ2n) is 3.85. The normalized spacial score (nSPS) is 10.1. The zero-order valence-electron chi connectivity index (χ0n) is 10.2. The summed E-state index contributed by atoms with van der Waals surface area (Å²) in [7, 11) is 0. The third-order valence-electron chi connectivity index (χ3n) is 2.65. The number of benzene rings is 1. The van der Waals surface area contributed by atoms with Crippen LogP contribution >= 0.6 is 0 Å². The Balaban J connectivity index is 2.37. The summed E-state index contributed by atoms with van der Waals surface area (Å²) >= 11 is 0. The largest absolute Gasteiger partial charge is 0.455 e. The van der Waals surface area contributed by atoms with Crippen molar-refractivity contribution in [1.29, 1.82) is 5.41 Å². The quantitative estimate of drug-likeness (QED) is 0.638. The number of hydrogen-bond acceptors (Lipinski definition) is 3. The summed E-state index contributed by atoms with van der Waals surface area (Å²) in [5, 5.41) is 7.51. The Kier molecular flexibility index (Phi) is 3.57. The van der Waals surface area contributed by atoms with Gasteiger partial charge in [0.25, 0.3) is 0 Å². The number of hydrogen-bond donors (Lipinski definition) is 2. The molecule has 0 bridgehead atoms. The van der Waals surface area contributed by atoms with Crippen LogP contribution in [0.5, 0.6) is 11.5 Å². The fourth-order valence-electron chi connectivity index (χ4n) is 1.70. The highest BCUT2D eigenvalue weighted by Crippen LogP contribution is 2.27. The Hall–Kier alpha value is -2.36. The maximum Gasteiger partial charge on any atom is 0.156 e. The van der Waals surface area contributed by atoms with Crippen LogP contribution in [-0.2, 0) is 6.42 Å². The van der Waals surface area contributed by atoms with Crippen molar-refractivity contribution in [3.05, 3.63) is 53.9 Å². The molecule has 2 aromatic rings. The van der Waals surface area contributed by atoms with Gasteiger partial charge >= 0.3 is 0 Å². The molecule has 1 heterocycles. The smallest absolute Gasteiger partial charge is 0.156 e. The van der Waals surface area contributed by atoms with Gasteiger partial charge < -0.3 is 10.5 Å². The van der Waals surface area contributed by atoms with Crippen LogP contribution in [0.25, 0.3) is 0 Å². The number of aromatic nitrogens is 1. The molecular formula is C14H15N3O. The van der Waals surface area contributed by atoms with E-state index in [4.69, 9.17) is 15.9 Å². The molecule has 4 nitrogen and oxygen atoms in total. The van der Waals surface area contributed by atoms with Crippen molar-refractivity contribution in [2.75, 3.05) is 0 Å². The van der Waals surface area contributed by atoms with Crippen LogP contribution in [0.1, 0.15) is 18.1 Å². The summed E-state index contributed by atoms with van der Waals surface area (Å²) in [5.41, 5.74) is 7.17. The van der Waals surface area contributed by atoms with Crippen molar-refractivity contribution < 1.29 is 4.74 Å². The Morgan fingerprint density at radius 1 is 1.28 bits per heavy atom. The highest BCUT2D eigenvalue weighted by molar-refractivity contribution is 5.97. The standard InChI is InChI=1S/C14H15N3O/c1-2-10-5-3-4-6-12(10)18-13-9-17-8-7-11(13)14(15)16/h3-9H,2H2,1H3,(H3,15,16). The Labute approximate surface area is 106 Å². The number of aryl methyl sites for hydroxylation is 1. The lowest BCUT2D eigenvalue weighted by Gasteiger charge is -2.12. The average Bonchev–Trinajstić information content (AvgIpc) is 2.40. The van der Waals surface area contributed by atoms with Crippen LogP contribution in [0.3, 0.4) is 0 Å². The van der Waals surface area contributed by atoms with Crippen molar-refractivity contribution in [1.82, 2.24) is 4.98 Å². The summed E-state index contributed by atoms with van der Waals surface area (Å²) in [4.78, 5) is 4.00. The first-order valence-corrected chi connectivity index (χ1v) is 5.76.